The van der Waals surface area contributed by atoms with E-state index in [1.54, 1.807) is 0 Å². The zero-order valence-electron chi connectivity index (χ0n) is 8.05. The molecule has 1 amide bonds. The van der Waals surface area contributed by atoms with Crippen LogP contribution in [0.5, 0.6) is 0 Å². The first-order valence-electron chi connectivity index (χ1n) is 4.21. The molecule has 1 atom stereocenters. The average molecular weight is 211 g/mol. The number of likely N-dealkylation sites (N-methyl/N-ethyl adjacent to an activating group) is 1. The molecule has 15 heavy (non-hydrogen) atoms. The van der Waals surface area contributed by atoms with Gasteiger partial charge >= 0.3 is 5.97 Å². The molecular weight excluding hydrogens is 201 g/mol. The number of benzene rings is 1. The number of carboxylic acid groups (broad SMARTS) is 1. The molecule has 0 heterocycles. The van der Waals surface area contributed by atoms with Crippen LogP contribution in [0.4, 0.5) is 4.39 Å². The lowest BCUT2D eigenvalue weighted by Gasteiger charge is -2.20. The summed E-state index contributed by atoms with van der Waals surface area (Å²) in [7, 11) is 1.36. The minimum atomic E-state index is -1.16. The average Bonchev–Trinajstić information content (AvgIpc) is 2.20. The Morgan fingerprint density at radius 1 is 1.47 bits per heavy atom. The predicted octanol–water partition coefficient (Wildman–Crippen LogP) is 1.04. The molecular formula is C10H10FNO3. The lowest BCUT2D eigenvalue weighted by atomic mass is 10.1. The third-order valence-corrected chi connectivity index (χ3v) is 1.99. The third kappa shape index (κ3) is 2.52. The lowest BCUT2D eigenvalue weighted by Crippen LogP contribution is -2.29. The van der Waals surface area contributed by atoms with Gasteiger partial charge in [0.15, 0.2) is 6.04 Å². The van der Waals surface area contributed by atoms with Gasteiger partial charge in [-0.25, -0.2) is 9.18 Å². The Labute approximate surface area is 85.9 Å². The zero-order valence-corrected chi connectivity index (χ0v) is 8.05. The number of carbonyl (C=O) groups is 2. The summed E-state index contributed by atoms with van der Waals surface area (Å²) in [4.78, 5) is 22.4. The van der Waals surface area contributed by atoms with Gasteiger partial charge in [-0.05, 0) is 17.7 Å². The number of hydrogen-bond donors (Lipinski definition) is 1. The normalized spacial score (nSPS) is 11.9. The number of aliphatic carboxylic acids is 1. The standard InChI is InChI=1S/C10H10FNO3/c1-12(6-13)9(10(14)15)7-2-4-8(11)5-3-7/h2-6,9H,1H3,(H,14,15). The van der Waals surface area contributed by atoms with Crippen LogP contribution in [0.3, 0.4) is 0 Å². The Morgan fingerprint density at radius 3 is 2.40 bits per heavy atom. The molecule has 0 bridgehead atoms. The molecule has 1 unspecified atom stereocenters. The fourth-order valence-corrected chi connectivity index (χ4v) is 1.26. The molecule has 1 rings (SSSR count). The maximum absolute atomic E-state index is 12.6. The molecule has 0 saturated carbocycles. The van der Waals surface area contributed by atoms with Crippen molar-refractivity contribution in [3.8, 4) is 0 Å². The van der Waals surface area contributed by atoms with Gasteiger partial charge in [0, 0.05) is 7.05 Å². The van der Waals surface area contributed by atoms with Crippen molar-refractivity contribution in [3.63, 3.8) is 0 Å². The molecule has 0 aromatic heterocycles. The van der Waals surface area contributed by atoms with Crippen molar-refractivity contribution in [2.75, 3.05) is 7.05 Å². The van der Waals surface area contributed by atoms with Gasteiger partial charge in [0.25, 0.3) is 0 Å². The van der Waals surface area contributed by atoms with E-state index in [4.69, 9.17) is 5.11 Å². The highest BCUT2D eigenvalue weighted by Gasteiger charge is 2.23. The van der Waals surface area contributed by atoms with Crippen LogP contribution in [0.1, 0.15) is 11.6 Å². The number of hydrogen-bond acceptors (Lipinski definition) is 2. The van der Waals surface area contributed by atoms with Crippen LogP contribution in [0, 0.1) is 5.82 Å². The van der Waals surface area contributed by atoms with E-state index >= 15 is 0 Å². The summed E-state index contributed by atoms with van der Waals surface area (Å²) in [6.45, 7) is 0. The monoisotopic (exact) mass is 211 g/mol. The Balaban J connectivity index is 3.04. The van der Waals surface area contributed by atoms with E-state index < -0.39 is 17.8 Å². The molecule has 0 fully saturated rings. The van der Waals surface area contributed by atoms with Gasteiger partial charge in [0.05, 0.1) is 0 Å². The van der Waals surface area contributed by atoms with E-state index in [9.17, 15) is 14.0 Å². The molecule has 1 aromatic rings. The van der Waals surface area contributed by atoms with Crippen molar-refractivity contribution in [3.05, 3.63) is 35.6 Å². The van der Waals surface area contributed by atoms with Gasteiger partial charge in [0.2, 0.25) is 6.41 Å². The van der Waals surface area contributed by atoms with E-state index in [0.29, 0.717) is 12.0 Å². The fraction of sp³-hybridized carbons (Fsp3) is 0.200. The molecule has 80 valence electrons. The third-order valence-electron chi connectivity index (χ3n) is 1.99. The first kappa shape index (κ1) is 11.2. The molecule has 0 radical (unpaired) electrons. The highest BCUT2D eigenvalue weighted by Crippen LogP contribution is 2.18. The Kier molecular flexibility index (Phi) is 3.38. The fourth-order valence-electron chi connectivity index (χ4n) is 1.26. The van der Waals surface area contributed by atoms with Crippen LogP contribution in [0.2, 0.25) is 0 Å². The van der Waals surface area contributed by atoms with Gasteiger partial charge in [-0.15, -0.1) is 0 Å². The summed E-state index contributed by atoms with van der Waals surface area (Å²) in [6, 6.07) is 3.92. The van der Waals surface area contributed by atoms with Gasteiger partial charge in [-0.2, -0.15) is 0 Å². The van der Waals surface area contributed by atoms with Crippen molar-refractivity contribution < 1.29 is 19.1 Å². The van der Waals surface area contributed by atoms with Gasteiger partial charge in [0.1, 0.15) is 5.82 Å². The van der Waals surface area contributed by atoms with Crippen molar-refractivity contribution in [1.82, 2.24) is 4.90 Å². The number of carboxylic acids is 1. The van der Waals surface area contributed by atoms with Gasteiger partial charge in [-0.3, -0.25) is 4.79 Å². The minimum Gasteiger partial charge on any atom is -0.479 e. The van der Waals surface area contributed by atoms with Crippen molar-refractivity contribution in [1.29, 1.82) is 0 Å². The van der Waals surface area contributed by atoms with E-state index in [2.05, 4.69) is 0 Å². The molecule has 1 aromatic carbocycles. The van der Waals surface area contributed by atoms with Crippen LogP contribution in [-0.2, 0) is 9.59 Å². The first-order chi connectivity index (χ1) is 7.06. The lowest BCUT2D eigenvalue weighted by molar-refractivity contribution is -0.145. The smallest absolute Gasteiger partial charge is 0.331 e. The van der Waals surface area contributed by atoms with Crippen molar-refractivity contribution >= 4 is 12.4 Å². The highest BCUT2D eigenvalue weighted by molar-refractivity contribution is 5.78. The van der Waals surface area contributed by atoms with E-state index in [1.807, 2.05) is 0 Å². The van der Waals surface area contributed by atoms with Crippen molar-refractivity contribution in [2.45, 2.75) is 6.04 Å². The molecule has 5 heteroatoms. The molecule has 0 aliphatic heterocycles. The quantitative estimate of drug-likeness (QED) is 0.757. The van der Waals surface area contributed by atoms with Crippen LogP contribution in [0.25, 0.3) is 0 Å². The highest BCUT2D eigenvalue weighted by atomic mass is 19.1. The molecule has 4 nitrogen and oxygen atoms in total. The van der Waals surface area contributed by atoms with Crippen LogP contribution in [0.15, 0.2) is 24.3 Å². The van der Waals surface area contributed by atoms with Crippen LogP contribution < -0.4 is 0 Å². The number of nitrogens with zero attached hydrogens (tertiary/aromatic N) is 1. The molecule has 0 aliphatic rings. The summed E-state index contributed by atoms with van der Waals surface area (Å²) in [5, 5.41) is 8.90. The predicted molar refractivity (Wildman–Crippen MR) is 50.6 cm³/mol. The Hall–Kier alpha value is -1.91. The first-order valence-corrected chi connectivity index (χ1v) is 4.21. The molecule has 0 aliphatic carbocycles. The summed E-state index contributed by atoms with van der Waals surface area (Å²) < 4.78 is 12.6. The minimum absolute atomic E-state index is 0.360. The SMILES string of the molecule is CN(C=O)C(C(=O)O)c1ccc(F)cc1. The summed E-state index contributed by atoms with van der Waals surface area (Å²) >= 11 is 0. The number of rotatable bonds is 4. The van der Waals surface area contributed by atoms with Crippen LogP contribution in [-0.4, -0.2) is 29.4 Å². The van der Waals surface area contributed by atoms with E-state index in [1.165, 1.54) is 19.2 Å². The second-order valence-electron chi connectivity index (χ2n) is 3.06. The molecule has 0 saturated heterocycles. The zero-order chi connectivity index (χ0) is 11.4. The van der Waals surface area contributed by atoms with Crippen molar-refractivity contribution in [2.24, 2.45) is 0 Å². The second-order valence-corrected chi connectivity index (χ2v) is 3.06. The van der Waals surface area contributed by atoms with Gasteiger partial charge < -0.3 is 10.0 Å². The Morgan fingerprint density at radius 2 is 2.00 bits per heavy atom. The van der Waals surface area contributed by atoms with E-state index in [-0.39, 0.29) is 0 Å². The summed E-state index contributed by atoms with van der Waals surface area (Å²) in [5.41, 5.74) is 0.360. The largest absolute Gasteiger partial charge is 0.479 e. The van der Waals surface area contributed by atoms with Crippen LogP contribution >= 0.6 is 0 Å². The summed E-state index contributed by atoms with van der Waals surface area (Å²) in [5.74, 6) is -1.60. The molecule has 0 spiro atoms. The maximum Gasteiger partial charge on any atom is 0.331 e. The maximum atomic E-state index is 12.6. The second kappa shape index (κ2) is 4.54. The number of halogens is 1. The molecule has 1 N–H and O–H groups in total. The topological polar surface area (TPSA) is 57.6 Å². The summed E-state index contributed by atoms with van der Waals surface area (Å²) in [6.07, 6.45) is 0.419. The number of carbonyl (C=O) groups excluding carboxylic acids is 1. The van der Waals surface area contributed by atoms with Gasteiger partial charge in [-0.1, -0.05) is 12.1 Å². The van der Waals surface area contributed by atoms with E-state index in [0.717, 1.165) is 17.0 Å². The number of amides is 1. The Bertz CT molecular complexity index is 363.